The van der Waals surface area contributed by atoms with Crippen molar-refractivity contribution >= 4 is 28.7 Å². The SMILES string of the molecule is CC(C)C[CH]NC(=O)[C@@H](Cc1c[nH]cn1)NC(=O)[C@@H](Cc1cccc2ccccc12)NC(=O)OCc1ccccc1. The zero-order chi connectivity index (χ0) is 29.0. The molecule has 4 aromatic rings. The third-order valence-corrected chi connectivity index (χ3v) is 6.56. The van der Waals surface area contributed by atoms with Crippen molar-refractivity contribution in [2.75, 3.05) is 0 Å². The van der Waals surface area contributed by atoms with E-state index in [-0.39, 0.29) is 25.4 Å². The van der Waals surface area contributed by atoms with Gasteiger partial charge in [0.2, 0.25) is 11.8 Å². The van der Waals surface area contributed by atoms with E-state index in [1.54, 1.807) is 12.7 Å². The van der Waals surface area contributed by atoms with E-state index in [2.05, 4.69) is 25.9 Å². The zero-order valence-corrected chi connectivity index (χ0v) is 23.3. The molecule has 0 unspecified atom stereocenters. The number of fused-ring (bicyclic) bond motifs is 1. The number of carbonyl (C=O) groups excluding carboxylic acids is 3. The predicted octanol–water partition coefficient (Wildman–Crippen LogP) is 4.45. The Bertz CT molecular complexity index is 1420. The molecule has 0 aliphatic heterocycles. The Kier molecular flexibility index (Phi) is 10.5. The van der Waals surface area contributed by atoms with E-state index in [1.165, 1.54) is 6.33 Å². The van der Waals surface area contributed by atoms with Crippen LogP contribution in [0.1, 0.15) is 37.1 Å². The smallest absolute Gasteiger partial charge is 0.408 e. The molecule has 9 nitrogen and oxygen atoms in total. The molecule has 0 aliphatic rings. The number of nitrogens with one attached hydrogen (secondary N) is 4. The largest absolute Gasteiger partial charge is 0.445 e. The van der Waals surface area contributed by atoms with E-state index < -0.39 is 24.1 Å². The molecule has 0 aliphatic carbocycles. The fourth-order valence-electron chi connectivity index (χ4n) is 4.40. The minimum atomic E-state index is -1.00. The molecule has 0 spiro atoms. The number of nitrogens with zero attached hydrogens (tertiary/aromatic N) is 1. The van der Waals surface area contributed by atoms with Crippen molar-refractivity contribution in [1.29, 1.82) is 0 Å². The number of hydrogen-bond acceptors (Lipinski definition) is 5. The average molecular weight is 555 g/mol. The van der Waals surface area contributed by atoms with Crippen LogP contribution < -0.4 is 16.0 Å². The summed E-state index contributed by atoms with van der Waals surface area (Å²) in [4.78, 5) is 46.8. The minimum absolute atomic E-state index is 0.0607. The van der Waals surface area contributed by atoms with Gasteiger partial charge in [0.05, 0.1) is 12.0 Å². The molecule has 4 N–H and O–H groups in total. The number of aromatic amines is 1. The van der Waals surface area contributed by atoms with Crippen LogP contribution in [0.4, 0.5) is 4.79 Å². The predicted molar refractivity (Wildman–Crippen MR) is 157 cm³/mol. The first kappa shape index (κ1) is 29.3. The first-order chi connectivity index (χ1) is 19.9. The lowest BCUT2D eigenvalue weighted by Gasteiger charge is -2.23. The van der Waals surface area contributed by atoms with Crippen LogP contribution in [0.5, 0.6) is 0 Å². The van der Waals surface area contributed by atoms with Gasteiger partial charge in [-0.1, -0.05) is 86.6 Å². The van der Waals surface area contributed by atoms with Crippen LogP contribution in [0.2, 0.25) is 0 Å². The maximum atomic E-state index is 13.7. The van der Waals surface area contributed by atoms with Gasteiger partial charge in [-0.25, -0.2) is 9.78 Å². The molecular formula is C32H36N5O4. The molecule has 0 saturated heterocycles. The van der Waals surface area contributed by atoms with Crippen LogP contribution in [0.3, 0.4) is 0 Å². The summed E-state index contributed by atoms with van der Waals surface area (Å²) in [6, 6.07) is 21.1. The van der Waals surface area contributed by atoms with Gasteiger partial charge >= 0.3 is 6.09 Å². The highest BCUT2D eigenvalue weighted by atomic mass is 16.5. The Labute approximate surface area is 240 Å². The Morgan fingerprint density at radius 1 is 0.878 bits per heavy atom. The van der Waals surface area contributed by atoms with Crippen LogP contribution in [-0.4, -0.2) is 40.0 Å². The minimum Gasteiger partial charge on any atom is -0.445 e. The number of amides is 3. The van der Waals surface area contributed by atoms with Crippen LogP contribution in [0.15, 0.2) is 85.3 Å². The van der Waals surface area contributed by atoms with Crippen molar-refractivity contribution in [3.63, 3.8) is 0 Å². The first-order valence-corrected chi connectivity index (χ1v) is 13.7. The summed E-state index contributed by atoms with van der Waals surface area (Å²) >= 11 is 0. The fourth-order valence-corrected chi connectivity index (χ4v) is 4.40. The topological polar surface area (TPSA) is 125 Å². The Balaban J connectivity index is 1.53. The van der Waals surface area contributed by atoms with Crippen molar-refractivity contribution in [3.05, 3.63) is 109 Å². The average Bonchev–Trinajstić information content (AvgIpc) is 3.49. The number of rotatable bonds is 13. The molecule has 1 aromatic heterocycles. The molecule has 0 bridgehead atoms. The summed E-state index contributed by atoms with van der Waals surface area (Å²) < 4.78 is 5.42. The summed E-state index contributed by atoms with van der Waals surface area (Å²) in [6.45, 7) is 5.85. The summed E-state index contributed by atoms with van der Waals surface area (Å²) in [7, 11) is 0. The van der Waals surface area contributed by atoms with E-state index in [0.29, 0.717) is 18.0 Å². The van der Waals surface area contributed by atoms with Crippen molar-refractivity contribution in [1.82, 2.24) is 25.9 Å². The Morgan fingerprint density at radius 2 is 1.61 bits per heavy atom. The first-order valence-electron chi connectivity index (χ1n) is 13.7. The number of carbonyl (C=O) groups is 3. The van der Waals surface area contributed by atoms with Gasteiger partial charge in [0, 0.05) is 25.6 Å². The second kappa shape index (κ2) is 14.6. The quantitative estimate of drug-likeness (QED) is 0.194. The summed E-state index contributed by atoms with van der Waals surface area (Å²) in [5.74, 6) is -0.502. The fraction of sp³-hybridized carbons (Fsp3) is 0.281. The maximum absolute atomic E-state index is 13.7. The summed E-state index contributed by atoms with van der Waals surface area (Å²) in [6.07, 6.45) is 3.53. The van der Waals surface area contributed by atoms with E-state index in [1.807, 2.05) is 86.6 Å². The molecule has 0 fully saturated rings. The molecule has 0 saturated carbocycles. The van der Waals surface area contributed by atoms with Gasteiger partial charge in [0.1, 0.15) is 18.7 Å². The maximum Gasteiger partial charge on any atom is 0.408 e. The van der Waals surface area contributed by atoms with Gasteiger partial charge in [0.25, 0.3) is 0 Å². The Hall–Kier alpha value is -4.66. The highest BCUT2D eigenvalue weighted by Gasteiger charge is 2.28. The number of benzene rings is 3. The van der Waals surface area contributed by atoms with Crippen LogP contribution in [0.25, 0.3) is 10.8 Å². The van der Waals surface area contributed by atoms with Gasteiger partial charge < -0.3 is 25.7 Å². The molecule has 1 radical (unpaired) electrons. The molecular weight excluding hydrogens is 518 g/mol. The number of ether oxygens (including phenoxy) is 1. The monoisotopic (exact) mass is 554 g/mol. The number of H-pyrrole nitrogens is 1. The van der Waals surface area contributed by atoms with Gasteiger partial charge in [0.15, 0.2) is 0 Å². The number of imidazole rings is 1. The summed E-state index contributed by atoms with van der Waals surface area (Å²) in [5, 5.41) is 10.4. The molecule has 9 heteroatoms. The molecule has 41 heavy (non-hydrogen) atoms. The second-order valence-electron chi connectivity index (χ2n) is 10.3. The van der Waals surface area contributed by atoms with Gasteiger partial charge in [-0.05, 0) is 34.2 Å². The van der Waals surface area contributed by atoms with E-state index in [9.17, 15) is 14.4 Å². The van der Waals surface area contributed by atoms with E-state index in [4.69, 9.17) is 4.74 Å². The molecule has 213 valence electrons. The van der Waals surface area contributed by atoms with E-state index in [0.717, 1.165) is 21.9 Å². The number of hydrogen-bond donors (Lipinski definition) is 4. The van der Waals surface area contributed by atoms with Crippen molar-refractivity contribution in [2.45, 2.75) is 51.8 Å². The molecule has 1 heterocycles. The molecule has 2 atom stereocenters. The van der Waals surface area contributed by atoms with Crippen molar-refractivity contribution < 1.29 is 19.1 Å². The molecule has 3 amide bonds. The Morgan fingerprint density at radius 3 is 2.37 bits per heavy atom. The standard InChI is InChI=1S/C32H36N5O4/c1-22(2)15-16-34-30(38)29(18-26-19-33-21-35-26)36-31(39)28(37-32(40)41-20-23-9-4-3-5-10-23)17-25-13-8-12-24-11-6-7-14-27(24)25/h3-14,16,19,21-22,28-29H,15,17-18,20H2,1-2H3,(H,33,35)(H,34,38)(H,36,39)(H,37,40)/t28-,29-/m1/s1. The van der Waals surface area contributed by atoms with Crippen LogP contribution in [0, 0.1) is 12.5 Å². The van der Waals surface area contributed by atoms with Crippen LogP contribution in [-0.2, 0) is 33.8 Å². The second-order valence-corrected chi connectivity index (χ2v) is 10.3. The number of alkyl carbamates (subject to hydrolysis) is 1. The third kappa shape index (κ3) is 8.93. The summed E-state index contributed by atoms with van der Waals surface area (Å²) in [5.41, 5.74) is 2.33. The van der Waals surface area contributed by atoms with Gasteiger partial charge in [-0.2, -0.15) is 0 Å². The number of aromatic nitrogens is 2. The van der Waals surface area contributed by atoms with Crippen LogP contribution >= 0.6 is 0 Å². The lowest BCUT2D eigenvalue weighted by atomic mass is 9.98. The van der Waals surface area contributed by atoms with Gasteiger partial charge in [-0.15, -0.1) is 0 Å². The molecule has 4 rings (SSSR count). The zero-order valence-electron chi connectivity index (χ0n) is 23.3. The third-order valence-electron chi connectivity index (χ3n) is 6.56. The highest BCUT2D eigenvalue weighted by molar-refractivity contribution is 5.93. The van der Waals surface area contributed by atoms with Gasteiger partial charge in [-0.3, -0.25) is 9.59 Å². The molecule has 3 aromatic carbocycles. The lowest BCUT2D eigenvalue weighted by Crippen LogP contribution is -2.55. The highest BCUT2D eigenvalue weighted by Crippen LogP contribution is 2.20. The normalized spacial score (nSPS) is 12.5. The lowest BCUT2D eigenvalue weighted by molar-refractivity contribution is -0.129. The van der Waals surface area contributed by atoms with E-state index >= 15 is 0 Å². The van der Waals surface area contributed by atoms with Crippen molar-refractivity contribution in [3.8, 4) is 0 Å². The van der Waals surface area contributed by atoms with Crippen molar-refractivity contribution in [2.24, 2.45) is 5.92 Å².